The molecule has 2 aliphatic rings. The van der Waals surface area contributed by atoms with E-state index in [9.17, 15) is 0 Å². The second-order valence-corrected chi connectivity index (χ2v) is 12.6. The van der Waals surface area contributed by atoms with Crippen molar-refractivity contribution >= 4 is 0 Å². The molecule has 0 aliphatic carbocycles. The Morgan fingerprint density at radius 3 is 1.76 bits per heavy atom. The van der Waals surface area contributed by atoms with Crippen molar-refractivity contribution < 1.29 is 4.74 Å². The molecule has 0 aromatic rings. The van der Waals surface area contributed by atoms with Crippen LogP contribution < -0.4 is 0 Å². The molecular formula is C31H62N2O. The maximum atomic E-state index is 6.73. The van der Waals surface area contributed by atoms with E-state index in [1.807, 2.05) is 0 Å². The minimum absolute atomic E-state index is 0.0268. The first-order valence-corrected chi connectivity index (χ1v) is 15.5. The summed E-state index contributed by atoms with van der Waals surface area (Å²) < 4.78 is 6.73. The van der Waals surface area contributed by atoms with Crippen molar-refractivity contribution in [3.05, 3.63) is 0 Å². The molecule has 3 atom stereocenters. The molecule has 2 rings (SSSR count). The highest BCUT2D eigenvalue weighted by Crippen LogP contribution is 2.35. The Kier molecular flexibility index (Phi) is 14.1. The third-order valence-electron chi connectivity index (χ3n) is 8.85. The van der Waals surface area contributed by atoms with Crippen molar-refractivity contribution in [1.82, 2.24) is 9.80 Å². The van der Waals surface area contributed by atoms with Crippen molar-refractivity contribution in [2.45, 2.75) is 174 Å². The predicted molar refractivity (Wildman–Crippen MR) is 150 cm³/mol. The highest BCUT2D eigenvalue weighted by atomic mass is 16.5. The van der Waals surface area contributed by atoms with Gasteiger partial charge in [-0.3, -0.25) is 9.80 Å². The minimum Gasteiger partial charge on any atom is -0.371 e. The Labute approximate surface area is 214 Å². The minimum atomic E-state index is 0.0268. The lowest BCUT2D eigenvalue weighted by Gasteiger charge is -2.48. The molecule has 0 aromatic heterocycles. The van der Waals surface area contributed by atoms with Crippen LogP contribution in [0.4, 0.5) is 0 Å². The zero-order valence-corrected chi connectivity index (χ0v) is 24.3. The normalized spacial score (nSPS) is 23.8. The van der Waals surface area contributed by atoms with Crippen LogP contribution >= 0.6 is 0 Å². The smallest absolute Gasteiger partial charge is 0.0724 e. The maximum Gasteiger partial charge on any atom is 0.0724 e. The lowest BCUT2D eigenvalue weighted by molar-refractivity contribution is -0.0717. The van der Waals surface area contributed by atoms with Crippen LogP contribution in [0.2, 0.25) is 0 Å². The zero-order valence-electron chi connectivity index (χ0n) is 24.3. The molecule has 0 amide bonds. The SMILES string of the molecule is CCCCCCCC(C)(CCCCCC)N1CCN2C[C@@H](OC(C)(C)CCCCCC)C[C@@H]2C1. The number of hydrogen-bond acceptors (Lipinski definition) is 3. The number of ether oxygens (including phenoxy) is 1. The number of hydrogen-bond donors (Lipinski definition) is 0. The number of nitrogens with zero attached hydrogens (tertiary/aromatic N) is 2. The lowest BCUT2D eigenvalue weighted by Crippen LogP contribution is -2.58. The molecule has 3 heteroatoms. The van der Waals surface area contributed by atoms with E-state index in [-0.39, 0.29) is 5.60 Å². The zero-order chi connectivity index (χ0) is 24.9. The molecule has 1 unspecified atom stereocenters. The summed E-state index contributed by atoms with van der Waals surface area (Å²) in [5, 5.41) is 0. The highest BCUT2D eigenvalue weighted by molar-refractivity contribution is 4.98. The third-order valence-corrected chi connectivity index (χ3v) is 8.85. The molecule has 3 nitrogen and oxygen atoms in total. The molecule has 0 bridgehead atoms. The summed E-state index contributed by atoms with van der Waals surface area (Å²) in [6, 6.07) is 0.699. The maximum absolute atomic E-state index is 6.73. The molecule has 2 fully saturated rings. The number of piperazine rings is 1. The quantitative estimate of drug-likeness (QED) is 0.173. The number of unbranched alkanes of at least 4 members (excludes halogenated alkanes) is 10. The summed E-state index contributed by atoms with van der Waals surface area (Å²) in [7, 11) is 0. The molecule has 2 aliphatic heterocycles. The van der Waals surface area contributed by atoms with Crippen LogP contribution in [0, 0.1) is 0 Å². The summed E-state index contributed by atoms with van der Waals surface area (Å²) in [5.41, 5.74) is 0.419. The van der Waals surface area contributed by atoms with Crippen LogP contribution in [0.25, 0.3) is 0 Å². The first kappa shape index (κ1) is 30.1. The van der Waals surface area contributed by atoms with Crippen molar-refractivity contribution in [3.8, 4) is 0 Å². The average molecular weight is 479 g/mol. The third kappa shape index (κ3) is 10.5. The van der Waals surface area contributed by atoms with Crippen molar-refractivity contribution in [1.29, 1.82) is 0 Å². The van der Waals surface area contributed by atoms with Crippen molar-refractivity contribution in [2.75, 3.05) is 26.2 Å². The lowest BCUT2D eigenvalue weighted by atomic mass is 9.85. The molecule has 2 saturated heterocycles. The van der Waals surface area contributed by atoms with E-state index >= 15 is 0 Å². The summed E-state index contributed by atoms with van der Waals surface area (Å²) in [6.45, 7) is 19.1. The fraction of sp³-hybridized carbons (Fsp3) is 1.00. The van der Waals surface area contributed by atoms with Crippen LogP contribution in [-0.2, 0) is 4.74 Å². The van der Waals surface area contributed by atoms with Gasteiger partial charge in [0.15, 0.2) is 0 Å². The van der Waals surface area contributed by atoms with Crippen LogP contribution in [0.1, 0.15) is 151 Å². The molecule has 0 N–H and O–H groups in total. The molecule has 0 aromatic carbocycles. The average Bonchev–Trinajstić information content (AvgIpc) is 3.20. The summed E-state index contributed by atoms with van der Waals surface area (Å²) in [6.07, 6.45) is 23.5. The Hall–Kier alpha value is -0.120. The van der Waals surface area contributed by atoms with Gasteiger partial charge in [-0.2, -0.15) is 0 Å². The first-order chi connectivity index (χ1) is 16.3. The summed E-state index contributed by atoms with van der Waals surface area (Å²) in [5.74, 6) is 0. The van der Waals surface area contributed by atoms with Crippen molar-refractivity contribution in [3.63, 3.8) is 0 Å². The summed E-state index contributed by atoms with van der Waals surface area (Å²) >= 11 is 0. The Morgan fingerprint density at radius 2 is 1.18 bits per heavy atom. The van der Waals surface area contributed by atoms with Gasteiger partial charge >= 0.3 is 0 Å². The van der Waals surface area contributed by atoms with E-state index < -0.39 is 0 Å². The van der Waals surface area contributed by atoms with E-state index in [0.29, 0.717) is 17.7 Å². The Balaban J connectivity index is 1.87. The molecule has 0 spiro atoms. The van der Waals surface area contributed by atoms with Crippen LogP contribution in [0.3, 0.4) is 0 Å². The van der Waals surface area contributed by atoms with Gasteiger partial charge in [0.25, 0.3) is 0 Å². The van der Waals surface area contributed by atoms with Crippen molar-refractivity contribution in [2.24, 2.45) is 0 Å². The number of fused-ring (bicyclic) bond motifs is 1. The summed E-state index contributed by atoms with van der Waals surface area (Å²) in [4.78, 5) is 5.67. The van der Waals surface area contributed by atoms with E-state index in [1.165, 1.54) is 129 Å². The molecule has 202 valence electrons. The second kappa shape index (κ2) is 15.9. The van der Waals surface area contributed by atoms with Gasteiger partial charge in [0.2, 0.25) is 0 Å². The molecule has 0 saturated carbocycles. The number of rotatable bonds is 19. The van der Waals surface area contributed by atoms with Gasteiger partial charge in [-0.05, 0) is 46.5 Å². The van der Waals surface area contributed by atoms with E-state index in [2.05, 4.69) is 51.3 Å². The molecule has 34 heavy (non-hydrogen) atoms. The monoisotopic (exact) mass is 478 g/mol. The van der Waals surface area contributed by atoms with Crippen LogP contribution in [0.15, 0.2) is 0 Å². The van der Waals surface area contributed by atoms with E-state index in [1.54, 1.807) is 0 Å². The van der Waals surface area contributed by atoms with Gasteiger partial charge in [-0.25, -0.2) is 0 Å². The first-order valence-electron chi connectivity index (χ1n) is 15.5. The standard InChI is InChI=1S/C31H62N2O/c1-7-10-13-16-19-22-31(6,21-18-15-12-9-3)33-24-23-32-27-29(25-28(32)26-33)34-30(4,5)20-17-14-11-8-2/h28-29H,7-27H2,1-6H3/t28-,29+,31?/m1/s1. The van der Waals surface area contributed by atoms with Gasteiger partial charge in [0.05, 0.1) is 11.7 Å². The fourth-order valence-electron chi connectivity index (χ4n) is 6.54. The van der Waals surface area contributed by atoms with E-state index in [4.69, 9.17) is 4.74 Å². The molecular weight excluding hydrogens is 416 g/mol. The fourth-order valence-corrected chi connectivity index (χ4v) is 6.54. The Morgan fingerprint density at radius 1 is 0.647 bits per heavy atom. The molecule has 2 heterocycles. The van der Waals surface area contributed by atoms with Gasteiger partial charge < -0.3 is 4.74 Å². The highest BCUT2D eigenvalue weighted by Gasteiger charge is 2.42. The molecule has 0 radical (unpaired) electrons. The van der Waals surface area contributed by atoms with E-state index in [0.717, 1.165) is 6.54 Å². The predicted octanol–water partition coefficient (Wildman–Crippen LogP) is 8.60. The van der Waals surface area contributed by atoms with Gasteiger partial charge in [0, 0.05) is 37.8 Å². The Bertz CT molecular complexity index is 522. The largest absolute Gasteiger partial charge is 0.371 e. The van der Waals surface area contributed by atoms with Crippen LogP contribution in [0.5, 0.6) is 0 Å². The van der Waals surface area contributed by atoms with Gasteiger partial charge in [-0.15, -0.1) is 0 Å². The van der Waals surface area contributed by atoms with Gasteiger partial charge in [-0.1, -0.05) is 104 Å². The van der Waals surface area contributed by atoms with Gasteiger partial charge in [0.1, 0.15) is 0 Å². The topological polar surface area (TPSA) is 15.7 Å². The second-order valence-electron chi connectivity index (χ2n) is 12.6. The van der Waals surface area contributed by atoms with Crippen LogP contribution in [-0.4, -0.2) is 59.3 Å².